The van der Waals surface area contributed by atoms with Crippen molar-refractivity contribution in [2.24, 2.45) is 11.8 Å². The molecule has 0 N–H and O–H groups in total. The van der Waals surface area contributed by atoms with Gasteiger partial charge in [0.25, 0.3) is 6.71 Å². The summed E-state index contributed by atoms with van der Waals surface area (Å²) in [5.41, 5.74) is 33.7. The van der Waals surface area contributed by atoms with Crippen molar-refractivity contribution in [1.29, 1.82) is 0 Å². The number of benzene rings is 16. The molecule has 3 nitrogen and oxygen atoms in total. The molecule has 2 saturated heterocycles. The number of hydrogen-bond acceptors (Lipinski definition) is 3. The van der Waals surface area contributed by atoms with Crippen molar-refractivity contribution in [3.8, 4) is 89.0 Å². The first-order chi connectivity index (χ1) is 53.3. The van der Waals surface area contributed by atoms with E-state index in [-0.39, 0.29) is 17.5 Å². The minimum absolute atomic E-state index is 0.0671. The van der Waals surface area contributed by atoms with Crippen LogP contribution < -0.4 is 31.1 Å². The first kappa shape index (κ1) is 65.3. The second kappa shape index (κ2) is 25.3. The van der Waals surface area contributed by atoms with Gasteiger partial charge in [0.2, 0.25) is 0 Å². The zero-order valence-corrected chi connectivity index (χ0v) is 62.9. The van der Waals surface area contributed by atoms with Gasteiger partial charge >= 0.3 is 0 Å². The predicted molar refractivity (Wildman–Crippen MR) is 465 cm³/mol. The maximum absolute atomic E-state index is 2.97. The Kier molecular flexibility index (Phi) is 15.2. The van der Waals surface area contributed by atoms with E-state index in [1.165, 1.54) is 198 Å². The van der Waals surface area contributed by atoms with Crippen LogP contribution in [0.15, 0.2) is 328 Å². The summed E-state index contributed by atoms with van der Waals surface area (Å²) in [6, 6.07) is 127. The number of anilines is 7. The van der Waals surface area contributed by atoms with E-state index in [4.69, 9.17) is 0 Å². The second-order valence-corrected chi connectivity index (χ2v) is 34.0. The minimum Gasteiger partial charge on any atom is -0.365 e. The van der Waals surface area contributed by atoms with Crippen molar-refractivity contribution in [2.75, 3.05) is 14.7 Å². The molecule has 22 rings (SSSR count). The highest BCUT2D eigenvalue weighted by molar-refractivity contribution is 7.00. The van der Waals surface area contributed by atoms with Crippen molar-refractivity contribution in [2.45, 2.75) is 96.6 Å². The van der Waals surface area contributed by atoms with Crippen LogP contribution in [-0.4, -0.2) is 18.8 Å². The fourth-order valence-electron chi connectivity index (χ4n) is 20.3. The lowest BCUT2D eigenvalue weighted by Crippen LogP contribution is -2.62. The zero-order chi connectivity index (χ0) is 73.0. The highest BCUT2D eigenvalue weighted by Gasteiger charge is 2.50. The average Bonchev–Trinajstić information content (AvgIpc) is 0.684. The summed E-state index contributed by atoms with van der Waals surface area (Å²) in [7, 11) is 0. The van der Waals surface area contributed by atoms with E-state index < -0.39 is 0 Å². The molecule has 2 aliphatic carbocycles. The summed E-state index contributed by atoms with van der Waals surface area (Å²) in [6.07, 6.45) is 6.31. The Bertz CT molecular complexity index is 6070. The van der Waals surface area contributed by atoms with E-state index in [0.717, 1.165) is 34.3 Å². The van der Waals surface area contributed by atoms with Crippen LogP contribution >= 0.6 is 0 Å². The smallest absolute Gasteiger partial charge is 0.252 e. The predicted octanol–water partition coefficient (Wildman–Crippen LogP) is 26.4. The summed E-state index contributed by atoms with van der Waals surface area (Å²) < 4.78 is 0. The van der Waals surface area contributed by atoms with Gasteiger partial charge in [-0.25, -0.2) is 0 Å². The van der Waals surface area contributed by atoms with Gasteiger partial charge in [0.05, 0.1) is 11.4 Å². The number of fused-ring (bicyclic) bond motifs is 4. The summed E-state index contributed by atoms with van der Waals surface area (Å²) in [6.45, 7) is 14.0. The molecule has 16 aromatic carbocycles. The lowest BCUT2D eigenvalue weighted by atomic mass is 9.33. The minimum atomic E-state index is -0.255. The molecule has 6 aliphatic rings. The molecular formula is C105H86BN3. The Hall–Kier alpha value is -12.0. The molecule has 0 amide bonds. The van der Waals surface area contributed by atoms with Gasteiger partial charge in [-0.15, -0.1) is 0 Å². The molecule has 16 aromatic rings. The van der Waals surface area contributed by atoms with Crippen LogP contribution in [0.2, 0.25) is 0 Å². The number of rotatable bonds is 11. The lowest BCUT2D eigenvalue weighted by Gasteiger charge is -2.58. The average molecular weight is 1400 g/mol. The summed E-state index contributed by atoms with van der Waals surface area (Å²) in [5.74, 6) is 1.53. The van der Waals surface area contributed by atoms with Gasteiger partial charge in [-0.05, 0) is 242 Å². The highest BCUT2D eigenvalue weighted by Crippen LogP contribution is 2.58. The quantitative estimate of drug-likeness (QED) is 0.0944. The van der Waals surface area contributed by atoms with Gasteiger partial charge in [-0.2, -0.15) is 0 Å². The molecule has 0 atom stereocenters. The van der Waals surface area contributed by atoms with E-state index in [0.29, 0.717) is 12.1 Å². The topological polar surface area (TPSA) is 9.72 Å². The summed E-state index contributed by atoms with van der Waals surface area (Å²) in [5, 5.41) is 7.84. The number of piperidine rings is 2. The Balaban J connectivity index is 0.945. The third-order valence-electron chi connectivity index (χ3n) is 25.2. The second-order valence-electron chi connectivity index (χ2n) is 34.0. The molecule has 4 bridgehead atoms. The van der Waals surface area contributed by atoms with Crippen LogP contribution in [0.5, 0.6) is 0 Å². The maximum Gasteiger partial charge on any atom is 0.252 e. The fourth-order valence-corrected chi connectivity index (χ4v) is 20.3. The maximum atomic E-state index is 2.97. The van der Waals surface area contributed by atoms with Crippen molar-refractivity contribution < 1.29 is 0 Å². The fraction of sp³-hybridized carbons (Fsp3) is 0.162. The zero-order valence-electron chi connectivity index (χ0n) is 62.9. The Morgan fingerprint density at radius 2 is 0.633 bits per heavy atom. The van der Waals surface area contributed by atoms with Gasteiger partial charge in [-0.3, -0.25) is 0 Å². The van der Waals surface area contributed by atoms with Gasteiger partial charge in [0.1, 0.15) is 0 Å². The van der Waals surface area contributed by atoms with Crippen LogP contribution in [0, 0.1) is 11.8 Å². The first-order valence-corrected chi connectivity index (χ1v) is 39.6. The third kappa shape index (κ3) is 10.9. The molecular weight excluding hydrogens is 1310 g/mol. The summed E-state index contributed by atoms with van der Waals surface area (Å²) >= 11 is 0. The van der Waals surface area contributed by atoms with Gasteiger partial charge in [0, 0.05) is 62.8 Å². The molecule has 4 aliphatic heterocycles. The Labute approximate surface area is 641 Å². The van der Waals surface area contributed by atoms with E-state index in [1.807, 2.05) is 0 Å². The van der Waals surface area contributed by atoms with Crippen LogP contribution in [0.1, 0.15) is 84.8 Å². The molecule has 2 saturated carbocycles. The molecule has 0 spiro atoms. The molecule has 109 heavy (non-hydrogen) atoms. The Morgan fingerprint density at radius 3 is 1.05 bits per heavy atom. The van der Waals surface area contributed by atoms with Crippen LogP contribution in [0.3, 0.4) is 0 Å². The number of nitrogens with zero attached hydrogens (tertiary/aromatic N) is 3. The molecule has 4 heterocycles. The molecule has 0 unspecified atom stereocenters. The van der Waals surface area contributed by atoms with E-state index in [9.17, 15) is 0 Å². The van der Waals surface area contributed by atoms with E-state index in [2.05, 4.69) is 384 Å². The van der Waals surface area contributed by atoms with Crippen molar-refractivity contribution in [3.63, 3.8) is 0 Å². The number of hydrogen-bond donors (Lipinski definition) is 0. The van der Waals surface area contributed by atoms with E-state index >= 15 is 0 Å². The molecule has 4 fully saturated rings. The van der Waals surface area contributed by atoms with Crippen molar-refractivity contribution in [3.05, 3.63) is 339 Å². The van der Waals surface area contributed by atoms with Crippen molar-refractivity contribution >= 4 is 95.2 Å². The van der Waals surface area contributed by atoms with Crippen molar-refractivity contribution in [1.82, 2.24) is 0 Å². The molecule has 524 valence electrons. The van der Waals surface area contributed by atoms with Gasteiger partial charge in [-0.1, -0.05) is 308 Å². The van der Waals surface area contributed by atoms with Crippen LogP contribution in [0.4, 0.5) is 39.8 Å². The summed E-state index contributed by atoms with van der Waals surface area (Å²) in [4.78, 5) is 8.55. The molecule has 4 heteroatoms. The largest absolute Gasteiger partial charge is 0.365 e. The van der Waals surface area contributed by atoms with E-state index in [1.54, 1.807) is 0 Å². The van der Waals surface area contributed by atoms with Gasteiger partial charge in [0.15, 0.2) is 0 Å². The Morgan fingerprint density at radius 1 is 0.275 bits per heavy atom. The molecule has 0 radical (unpaired) electrons. The highest BCUT2D eigenvalue weighted by atomic mass is 15.2. The molecule has 0 aromatic heterocycles. The first-order valence-electron chi connectivity index (χ1n) is 39.6. The normalized spacial score (nSPS) is 17.0. The van der Waals surface area contributed by atoms with Crippen LogP contribution in [-0.2, 0) is 10.8 Å². The SMILES string of the molecule is CC(C)(C)c1cc2ccc3cc(C(C)(C)C)cc4c(-c5ccc6c(c5)B5c7cc(-c8ccccc8)ccc7N(c7c(-c8ccccc8)cc(-c8ccccc8)cc7-c7ccccc7)c7cc(N8C9CC%10CC(C9)CC8C%10)cc(c75)N6c5c(-c6ccccc6)cc(-c6ccccc6)cc5-c5ccccc5)cc(c1)c2c34. The van der Waals surface area contributed by atoms with Gasteiger partial charge < -0.3 is 14.7 Å². The van der Waals surface area contributed by atoms with Crippen LogP contribution in [0.25, 0.3) is 121 Å². The standard InChI is InChI=1S/C105H86BN3/c1-104(2,3)82-53-77-42-43-78-54-83(105(4,5)6)63-92-87(60-81(55-82)99(77)100(78)92)76-45-47-96-94(62-76)106-93-61-75(68-28-14-7-15-29-68)44-46-95(93)108(102-88(71-34-20-10-21-35-71)56-79(69-30-16-8-17-31-69)57-89(102)72-36-22-11-23-37-72)97-64-86(107-84-49-66-48-67(51-84)52-85(107)50-66)65-98(101(97)106)109(96)103-90(73-38-24-12-25-39-73)58-80(70-32-18-9-19-33-70)59-91(103)74-40-26-13-27-41-74/h7-47,53-67,84-85H,48-52H2,1-6H3. The third-order valence-corrected chi connectivity index (χ3v) is 25.2. The monoisotopic (exact) mass is 1400 g/mol. The lowest BCUT2D eigenvalue weighted by molar-refractivity contribution is 0.0900.